The highest BCUT2D eigenvalue weighted by atomic mass is 35.5. The summed E-state index contributed by atoms with van der Waals surface area (Å²) < 4.78 is 0.852. The predicted molar refractivity (Wildman–Crippen MR) is 101 cm³/mol. The van der Waals surface area contributed by atoms with Gasteiger partial charge in [-0.1, -0.05) is 35.3 Å². The Kier molecular flexibility index (Phi) is 4.76. The third kappa shape index (κ3) is 3.53. The molecular formula is C17H12Cl2N2O2S. The monoisotopic (exact) mass is 378 g/mol. The fourth-order valence-electron chi connectivity index (χ4n) is 2.25. The zero-order chi connectivity index (χ0) is 17.3. The molecule has 0 bridgehead atoms. The van der Waals surface area contributed by atoms with Crippen LogP contribution in [0, 0.1) is 0 Å². The summed E-state index contributed by atoms with van der Waals surface area (Å²) in [5.74, 6) is -0.486. The van der Waals surface area contributed by atoms with Gasteiger partial charge >= 0.3 is 0 Å². The van der Waals surface area contributed by atoms with Crippen LogP contribution in [0.5, 0.6) is 0 Å². The Bertz CT molecular complexity index is 953. The average molecular weight is 379 g/mol. The van der Waals surface area contributed by atoms with Gasteiger partial charge in [0.05, 0.1) is 5.02 Å². The lowest BCUT2D eigenvalue weighted by Gasteiger charge is -2.07. The topological polar surface area (TPSA) is 58.2 Å². The first kappa shape index (κ1) is 16.8. The number of amides is 2. The van der Waals surface area contributed by atoms with Crippen LogP contribution in [0.4, 0.5) is 11.4 Å². The minimum Gasteiger partial charge on any atom is -0.326 e. The van der Waals surface area contributed by atoms with E-state index in [1.54, 1.807) is 42.5 Å². The summed E-state index contributed by atoms with van der Waals surface area (Å²) in [6, 6.07) is 12.2. The van der Waals surface area contributed by atoms with Gasteiger partial charge in [-0.2, -0.15) is 0 Å². The number of halogens is 2. The maximum atomic E-state index is 12.5. The summed E-state index contributed by atoms with van der Waals surface area (Å²) >= 11 is 13.6. The van der Waals surface area contributed by atoms with Crippen molar-refractivity contribution < 1.29 is 9.59 Å². The van der Waals surface area contributed by atoms with E-state index >= 15 is 0 Å². The number of carbonyl (C=O) groups is 2. The zero-order valence-corrected chi connectivity index (χ0v) is 14.9. The third-order valence-electron chi connectivity index (χ3n) is 3.24. The molecule has 0 aliphatic carbocycles. The minimum atomic E-state index is -0.308. The molecule has 4 nitrogen and oxygen atoms in total. The molecule has 7 heteroatoms. The summed E-state index contributed by atoms with van der Waals surface area (Å²) in [6.45, 7) is 1.42. The van der Waals surface area contributed by atoms with E-state index in [1.165, 1.54) is 18.3 Å². The number of anilines is 2. The number of rotatable bonds is 3. The first-order valence-corrected chi connectivity index (χ1v) is 8.58. The van der Waals surface area contributed by atoms with Gasteiger partial charge < -0.3 is 10.6 Å². The molecule has 24 heavy (non-hydrogen) atoms. The van der Waals surface area contributed by atoms with Crippen LogP contribution >= 0.6 is 34.5 Å². The predicted octanol–water partition coefficient (Wildman–Crippen LogP) is 5.42. The summed E-state index contributed by atoms with van der Waals surface area (Å²) in [5, 5.41) is 7.25. The number of thiophene rings is 1. The van der Waals surface area contributed by atoms with Crippen molar-refractivity contribution in [2.24, 2.45) is 0 Å². The van der Waals surface area contributed by atoms with Crippen LogP contribution in [0.1, 0.15) is 16.6 Å². The van der Waals surface area contributed by atoms with Crippen LogP contribution in [-0.2, 0) is 4.79 Å². The molecule has 1 aromatic heterocycles. The second-order valence-electron chi connectivity index (χ2n) is 5.10. The van der Waals surface area contributed by atoms with Crippen molar-refractivity contribution in [3.05, 3.63) is 57.4 Å². The van der Waals surface area contributed by atoms with Crippen LogP contribution in [0.15, 0.2) is 42.5 Å². The Balaban J connectivity index is 1.87. The molecule has 0 saturated carbocycles. The molecule has 0 aliphatic heterocycles. The van der Waals surface area contributed by atoms with E-state index in [0.717, 1.165) is 10.1 Å². The summed E-state index contributed by atoms with van der Waals surface area (Å²) in [6.07, 6.45) is 0. The van der Waals surface area contributed by atoms with Gasteiger partial charge in [0.25, 0.3) is 5.91 Å². The van der Waals surface area contributed by atoms with E-state index in [4.69, 9.17) is 23.2 Å². The number of fused-ring (bicyclic) bond motifs is 1. The molecule has 0 spiro atoms. The van der Waals surface area contributed by atoms with E-state index in [1.807, 2.05) is 0 Å². The van der Waals surface area contributed by atoms with Gasteiger partial charge in [-0.15, -0.1) is 11.3 Å². The van der Waals surface area contributed by atoms with Crippen LogP contribution in [0.2, 0.25) is 10.0 Å². The van der Waals surface area contributed by atoms with Gasteiger partial charge in [0.1, 0.15) is 4.88 Å². The molecule has 0 radical (unpaired) electrons. The van der Waals surface area contributed by atoms with Crippen LogP contribution in [0.25, 0.3) is 10.1 Å². The van der Waals surface area contributed by atoms with Crippen molar-refractivity contribution in [2.45, 2.75) is 6.92 Å². The standard InChI is InChI=1S/C17H12Cl2N2O2S/c1-9(22)20-11-3-2-4-12(8-11)21-17(23)16-15(19)13-6-5-10(18)7-14(13)24-16/h2-8H,1H3,(H,20,22)(H,21,23). The van der Waals surface area contributed by atoms with Gasteiger partial charge in [-0.05, 0) is 30.3 Å². The maximum absolute atomic E-state index is 12.5. The van der Waals surface area contributed by atoms with Crippen molar-refractivity contribution in [1.29, 1.82) is 0 Å². The molecule has 122 valence electrons. The van der Waals surface area contributed by atoms with Crippen molar-refractivity contribution in [3.63, 3.8) is 0 Å². The normalized spacial score (nSPS) is 10.6. The van der Waals surface area contributed by atoms with Crippen molar-refractivity contribution in [2.75, 3.05) is 10.6 Å². The first-order valence-electron chi connectivity index (χ1n) is 7.00. The Morgan fingerprint density at radius 3 is 2.42 bits per heavy atom. The summed E-state index contributed by atoms with van der Waals surface area (Å²) in [4.78, 5) is 24.0. The van der Waals surface area contributed by atoms with E-state index in [9.17, 15) is 9.59 Å². The molecule has 3 rings (SSSR count). The highest BCUT2D eigenvalue weighted by Gasteiger charge is 2.17. The van der Waals surface area contributed by atoms with Gasteiger partial charge in [0.2, 0.25) is 5.91 Å². The van der Waals surface area contributed by atoms with Gasteiger partial charge in [-0.25, -0.2) is 0 Å². The molecule has 0 unspecified atom stereocenters. The number of benzene rings is 2. The van der Waals surface area contributed by atoms with E-state index in [-0.39, 0.29) is 11.8 Å². The lowest BCUT2D eigenvalue weighted by Crippen LogP contribution is -2.11. The highest BCUT2D eigenvalue weighted by Crippen LogP contribution is 2.37. The molecule has 0 atom stereocenters. The SMILES string of the molecule is CC(=O)Nc1cccc(NC(=O)c2sc3cc(Cl)ccc3c2Cl)c1. The van der Waals surface area contributed by atoms with Crippen LogP contribution in [0.3, 0.4) is 0 Å². The Labute approximate surface area is 152 Å². The smallest absolute Gasteiger partial charge is 0.267 e. The highest BCUT2D eigenvalue weighted by molar-refractivity contribution is 7.21. The molecule has 0 aliphatic rings. The van der Waals surface area contributed by atoms with Gasteiger partial charge in [-0.3, -0.25) is 9.59 Å². The maximum Gasteiger partial charge on any atom is 0.267 e. The summed E-state index contributed by atoms with van der Waals surface area (Å²) in [7, 11) is 0. The molecular weight excluding hydrogens is 367 g/mol. The quantitative estimate of drug-likeness (QED) is 0.639. The molecule has 0 saturated heterocycles. The Morgan fingerprint density at radius 1 is 1.00 bits per heavy atom. The molecule has 2 aromatic carbocycles. The van der Waals surface area contributed by atoms with E-state index in [2.05, 4.69) is 10.6 Å². The first-order chi connectivity index (χ1) is 11.4. The van der Waals surface area contributed by atoms with Crippen molar-refractivity contribution >= 4 is 67.8 Å². The van der Waals surface area contributed by atoms with Gasteiger partial charge in [0.15, 0.2) is 0 Å². The fraction of sp³-hybridized carbons (Fsp3) is 0.0588. The fourth-order valence-corrected chi connectivity index (χ4v) is 3.94. The molecule has 2 amide bonds. The zero-order valence-electron chi connectivity index (χ0n) is 12.5. The Hall–Kier alpha value is -2.08. The van der Waals surface area contributed by atoms with Gasteiger partial charge in [0, 0.05) is 33.4 Å². The summed E-state index contributed by atoms with van der Waals surface area (Å²) in [5.41, 5.74) is 1.17. The lowest BCUT2D eigenvalue weighted by molar-refractivity contribution is -0.114. The van der Waals surface area contributed by atoms with Crippen LogP contribution in [-0.4, -0.2) is 11.8 Å². The number of carbonyl (C=O) groups excluding carboxylic acids is 2. The van der Waals surface area contributed by atoms with Crippen molar-refractivity contribution in [3.8, 4) is 0 Å². The lowest BCUT2D eigenvalue weighted by atomic mass is 10.2. The van der Waals surface area contributed by atoms with E-state index in [0.29, 0.717) is 26.3 Å². The molecule has 3 aromatic rings. The second kappa shape index (κ2) is 6.81. The number of nitrogens with one attached hydrogen (secondary N) is 2. The van der Waals surface area contributed by atoms with E-state index < -0.39 is 0 Å². The average Bonchev–Trinajstić information content (AvgIpc) is 2.83. The minimum absolute atomic E-state index is 0.178. The van der Waals surface area contributed by atoms with Crippen molar-refractivity contribution in [1.82, 2.24) is 0 Å². The molecule has 2 N–H and O–H groups in total. The largest absolute Gasteiger partial charge is 0.326 e. The molecule has 1 heterocycles. The number of hydrogen-bond acceptors (Lipinski definition) is 3. The van der Waals surface area contributed by atoms with Crippen LogP contribution < -0.4 is 10.6 Å². The third-order valence-corrected chi connectivity index (χ3v) is 5.13. The number of hydrogen-bond donors (Lipinski definition) is 2. The molecule has 0 fully saturated rings. The second-order valence-corrected chi connectivity index (χ2v) is 6.97. The Morgan fingerprint density at radius 2 is 1.71 bits per heavy atom.